The Labute approximate surface area is 138 Å². The van der Waals surface area contributed by atoms with Crippen LogP contribution < -0.4 is 5.32 Å². The second-order valence-corrected chi connectivity index (χ2v) is 6.09. The van der Waals surface area contributed by atoms with E-state index in [4.69, 9.17) is 5.11 Å². The normalized spacial score (nSPS) is 20.1. The Kier molecular flexibility index (Phi) is 4.33. The third kappa shape index (κ3) is 3.29. The molecule has 0 radical (unpaired) electrons. The van der Waals surface area contributed by atoms with Crippen molar-refractivity contribution in [2.24, 2.45) is 5.92 Å². The lowest BCUT2D eigenvalue weighted by Gasteiger charge is -2.11. The van der Waals surface area contributed by atoms with Crippen molar-refractivity contribution in [1.29, 1.82) is 0 Å². The topological polar surface area (TPSA) is 84.2 Å². The van der Waals surface area contributed by atoms with Crippen LogP contribution in [-0.4, -0.2) is 32.8 Å². The number of carboxylic acid groups (broad SMARTS) is 1. The molecule has 1 aromatic carbocycles. The van der Waals surface area contributed by atoms with E-state index in [1.807, 2.05) is 0 Å². The molecule has 1 aliphatic rings. The molecule has 2 aromatic rings. The maximum absolute atomic E-state index is 13.2. The van der Waals surface area contributed by atoms with E-state index in [2.05, 4.69) is 10.4 Å². The van der Waals surface area contributed by atoms with E-state index in [0.717, 1.165) is 0 Å². The van der Waals surface area contributed by atoms with Crippen LogP contribution in [0, 0.1) is 18.7 Å². The van der Waals surface area contributed by atoms with Gasteiger partial charge in [-0.3, -0.25) is 9.59 Å². The van der Waals surface area contributed by atoms with E-state index < -0.39 is 11.9 Å². The molecule has 1 aliphatic carbocycles. The molecule has 0 bridgehead atoms. The quantitative estimate of drug-likeness (QED) is 0.900. The van der Waals surface area contributed by atoms with Crippen LogP contribution in [0.2, 0.25) is 0 Å². The second kappa shape index (κ2) is 6.43. The molecule has 3 rings (SSSR count). The number of amides is 1. The molecule has 2 N–H and O–H groups in total. The molecule has 0 saturated heterocycles. The van der Waals surface area contributed by atoms with Gasteiger partial charge in [-0.15, -0.1) is 0 Å². The Morgan fingerprint density at radius 3 is 2.79 bits per heavy atom. The molecule has 126 valence electrons. The predicted octanol–water partition coefficient (Wildman–Crippen LogP) is 2.30. The van der Waals surface area contributed by atoms with E-state index in [9.17, 15) is 14.0 Å². The van der Waals surface area contributed by atoms with Gasteiger partial charge in [0, 0.05) is 12.2 Å². The van der Waals surface area contributed by atoms with Gasteiger partial charge in [0.2, 0.25) is 0 Å². The molecule has 1 aromatic heterocycles. The molecule has 24 heavy (non-hydrogen) atoms. The second-order valence-electron chi connectivity index (χ2n) is 6.09. The number of carbonyl (C=O) groups is 2. The van der Waals surface area contributed by atoms with E-state index in [0.29, 0.717) is 30.5 Å². The number of hydrogen-bond acceptors (Lipinski definition) is 3. The Morgan fingerprint density at radius 1 is 1.33 bits per heavy atom. The summed E-state index contributed by atoms with van der Waals surface area (Å²) in [5.74, 6) is -1.86. The molecule has 0 aliphatic heterocycles. The van der Waals surface area contributed by atoms with Crippen LogP contribution in [-0.2, 0) is 4.79 Å². The number of rotatable bonds is 4. The SMILES string of the molecule is Cc1cc(F)ccc1-n1ccc(C(=O)N[C@@H]2CC[C@H](C(=O)O)C2)n1. The molecular formula is C17H18FN3O3. The van der Waals surface area contributed by atoms with E-state index in [1.54, 1.807) is 25.3 Å². The number of benzene rings is 1. The number of aliphatic carboxylic acids is 1. The lowest BCUT2D eigenvalue weighted by Crippen LogP contribution is -2.33. The molecule has 7 heteroatoms. The van der Waals surface area contributed by atoms with Gasteiger partial charge in [0.1, 0.15) is 5.82 Å². The van der Waals surface area contributed by atoms with Gasteiger partial charge in [-0.1, -0.05) is 0 Å². The van der Waals surface area contributed by atoms with Gasteiger partial charge in [-0.25, -0.2) is 9.07 Å². The molecule has 1 saturated carbocycles. The molecule has 6 nitrogen and oxygen atoms in total. The summed E-state index contributed by atoms with van der Waals surface area (Å²) >= 11 is 0. The fourth-order valence-corrected chi connectivity index (χ4v) is 3.05. The Balaban J connectivity index is 1.69. The fourth-order valence-electron chi connectivity index (χ4n) is 3.05. The summed E-state index contributed by atoms with van der Waals surface area (Å²) in [6.07, 6.45) is 3.31. The van der Waals surface area contributed by atoms with Crippen molar-refractivity contribution in [3.8, 4) is 5.69 Å². The highest BCUT2D eigenvalue weighted by atomic mass is 19.1. The average molecular weight is 331 g/mol. The Morgan fingerprint density at radius 2 is 2.12 bits per heavy atom. The summed E-state index contributed by atoms with van der Waals surface area (Å²) in [6.45, 7) is 1.77. The number of carbonyl (C=O) groups excluding carboxylic acids is 1. The number of nitrogens with one attached hydrogen (secondary N) is 1. The minimum Gasteiger partial charge on any atom is -0.481 e. The van der Waals surface area contributed by atoms with Crippen molar-refractivity contribution in [3.63, 3.8) is 0 Å². The first-order chi connectivity index (χ1) is 11.4. The van der Waals surface area contributed by atoms with Gasteiger partial charge in [0.25, 0.3) is 5.91 Å². The summed E-state index contributed by atoms with van der Waals surface area (Å²) in [5, 5.41) is 16.1. The standard InChI is InChI=1S/C17H18FN3O3/c1-10-8-12(18)3-5-15(10)21-7-6-14(20-21)16(22)19-13-4-2-11(9-13)17(23)24/h3,5-8,11,13H,2,4,9H2,1H3,(H,19,22)(H,23,24)/t11-,13+/m0/s1. The van der Waals surface area contributed by atoms with Crippen molar-refractivity contribution >= 4 is 11.9 Å². The fraction of sp³-hybridized carbons (Fsp3) is 0.353. The Hall–Kier alpha value is -2.70. The van der Waals surface area contributed by atoms with Crippen LogP contribution in [0.25, 0.3) is 5.69 Å². The Bertz CT molecular complexity index is 787. The van der Waals surface area contributed by atoms with Crippen molar-refractivity contribution in [2.75, 3.05) is 0 Å². The summed E-state index contributed by atoms with van der Waals surface area (Å²) < 4.78 is 14.7. The van der Waals surface area contributed by atoms with Crippen molar-refractivity contribution in [3.05, 3.63) is 47.5 Å². The zero-order valence-corrected chi connectivity index (χ0v) is 13.2. The number of halogens is 1. The molecule has 1 heterocycles. The van der Waals surface area contributed by atoms with Crippen LogP contribution in [0.3, 0.4) is 0 Å². The number of nitrogens with zero attached hydrogens (tertiary/aromatic N) is 2. The van der Waals surface area contributed by atoms with Crippen LogP contribution in [0.15, 0.2) is 30.5 Å². The number of carboxylic acids is 1. The number of aromatic nitrogens is 2. The van der Waals surface area contributed by atoms with Gasteiger partial charge < -0.3 is 10.4 Å². The summed E-state index contributed by atoms with van der Waals surface area (Å²) in [7, 11) is 0. The lowest BCUT2D eigenvalue weighted by molar-refractivity contribution is -0.141. The summed E-state index contributed by atoms with van der Waals surface area (Å²) in [5.41, 5.74) is 1.66. The van der Waals surface area contributed by atoms with Crippen molar-refractivity contribution < 1.29 is 19.1 Å². The average Bonchev–Trinajstić information content (AvgIpc) is 3.16. The maximum atomic E-state index is 13.2. The highest BCUT2D eigenvalue weighted by Gasteiger charge is 2.31. The maximum Gasteiger partial charge on any atom is 0.306 e. The van der Waals surface area contributed by atoms with E-state index >= 15 is 0 Å². The highest BCUT2D eigenvalue weighted by Crippen LogP contribution is 2.25. The molecule has 0 spiro atoms. The van der Waals surface area contributed by atoms with E-state index in [1.165, 1.54) is 16.8 Å². The largest absolute Gasteiger partial charge is 0.481 e. The van der Waals surface area contributed by atoms with Gasteiger partial charge in [0.15, 0.2) is 5.69 Å². The van der Waals surface area contributed by atoms with Gasteiger partial charge in [-0.05, 0) is 56.0 Å². The number of aryl methyl sites for hydroxylation is 1. The first kappa shape index (κ1) is 16.2. The minimum atomic E-state index is -0.817. The van der Waals surface area contributed by atoms with Gasteiger partial charge in [0.05, 0.1) is 11.6 Å². The molecule has 2 atom stereocenters. The minimum absolute atomic E-state index is 0.142. The summed E-state index contributed by atoms with van der Waals surface area (Å²) in [4.78, 5) is 23.2. The van der Waals surface area contributed by atoms with Crippen molar-refractivity contribution in [2.45, 2.75) is 32.2 Å². The zero-order chi connectivity index (χ0) is 17.3. The van der Waals surface area contributed by atoms with Crippen LogP contribution >= 0.6 is 0 Å². The first-order valence-corrected chi connectivity index (χ1v) is 7.80. The van der Waals surface area contributed by atoms with E-state index in [-0.39, 0.29) is 23.5 Å². The monoisotopic (exact) mass is 331 g/mol. The third-order valence-corrected chi connectivity index (χ3v) is 4.34. The van der Waals surface area contributed by atoms with Gasteiger partial charge >= 0.3 is 5.97 Å². The zero-order valence-electron chi connectivity index (χ0n) is 13.2. The smallest absolute Gasteiger partial charge is 0.306 e. The molecular weight excluding hydrogens is 313 g/mol. The van der Waals surface area contributed by atoms with Crippen LogP contribution in [0.1, 0.15) is 35.3 Å². The van der Waals surface area contributed by atoms with Crippen molar-refractivity contribution in [1.82, 2.24) is 15.1 Å². The third-order valence-electron chi connectivity index (χ3n) is 4.34. The highest BCUT2D eigenvalue weighted by molar-refractivity contribution is 5.92. The molecule has 0 unspecified atom stereocenters. The predicted molar refractivity (Wildman–Crippen MR) is 84.5 cm³/mol. The van der Waals surface area contributed by atoms with Gasteiger partial charge in [-0.2, -0.15) is 5.10 Å². The lowest BCUT2D eigenvalue weighted by atomic mass is 10.1. The summed E-state index contributed by atoms with van der Waals surface area (Å²) in [6, 6.07) is 5.79. The number of hydrogen-bond donors (Lipinski definition) is 2. The molecule has 1 fully saturated rings. The van der Waals surface area contributed by atoms with Crippen LogP contribution in [0.5, 0.6) is 0 Å². The first-order valence-electron chi connectivity index (χ1n) is 7.80. The van der Waals surface area contributed by atoms with Crippen LogP contribution in [0.4, 0.5) is 4.39 Å². The molecule has 1 amide bonds.